The Labute approximate surface area is 151 Å². The standard InChI is InChI=1S/C15H21N5O2S.ClH/c1-11(15-17-14(18-22-15)12-3-2-10-23-12)19-6-8-20(9-7-19)13(21)4-5-16;/h2-3,10-11H,4-9,16H2,1H3;1H. The van der Waals surface area contributed by atoms with Crippen LogP contribution < -0.4 is 5.73 Å². The molecular weight excluding hydrogens is 350 g/mol. The molecule has 1 atom stereocenters. The Morgan fingerprint density at radius 3 is 2.79 bits per heavy atom. The summed E-state index contributed by atoms with van der Waals surface area (Å²) in [6.07, 6.45) is 0.420. The summed E-state index contributed by atoms with van der Waals surface area (Å²) in [4.78, 5) is 21.5. The van der Waals surface area contributed by atoms with Crippen molar-refractivity contribution in [3.05, 3.63) is 23.4 Å². The number of carbonyl (C=O) groups is 1. The summed E-state index contributed by atoms with van der Waals surface area (Å²) in [5.74, 6) is 1.39. The quantitative estimate of drug-likeness (QED) is 0.861. The van der Waals surface area contributed by atoms with Gasteiger partial charge < -0.3 is 15.2 Å². The molecule has 1 aliphatic rings. The second kappa shape index (κ2) is 8.57. The molecule has 9 heteroatoms. The number of amides is 1. The Morgan fingerprint density at radius 2 is 2.17 bits per heavy atom. The van der Waals surface area contributed by atoms with Crippen LogP contribution in [0.1, 0.15) is 25.3 Å². The maximum atomic E-state index is 11.9. The molecule has 132 valence electrons. The summed E-state index contributed by atoms with van der Waals surface area (Å²) in [7, 11) is 0. The maximum absolute atomic E-state index is 11.9. The largest absolute Gasteiger partial charge is 0.340 e. The van der Waals surface area contributed by atoms with Gasteiger partial charge in [-0.05, 0) is 18.4 Å². The molecule has 7 nitrogen and oxygen atoms in total. The minimum atomic E-state index is 0. The molecule has 0 saturated carbocycles. The van der Waals surface area contributed by atoms with Crippen LogP contribution in [0.2, 0.25) is 0 Å². The van der Waals surface area contributed by atoms with Crippen molar-refractivity contribution >= 4 is 29.7 Å². The highest BCUT2D eigenvalue weighted by molar-refractivity contribution is 7.13. The van der Waals surface area contributed by atoms with Gasteiger partial charge in [-0.1, -0.05) is 11.2 Å². The van der Waals surface area contributed by atoms with Gasteiger partial charge in [-0.15, -0.1) is 23.7 Å². The molecule has 3 rings (SSSR count). The van der Waals surface area contributed by atoms with Crippen molar-refractivity contribution in [1.29, 1.82) is 0 Å². The van der Waals surface area contributed by atoms with Crippen molar-refractivity contribution in [2.75, 3.05) is 32.7 Å². The summed E-state index contributed by atoms with van der Waals surface area (Å²) >= 11 is 1.59. The zero-order chi connectivity index (χ0) is 16.2. The SMILES string of the molecule is CC(c1nc(-c2cccs2)no1)N1CCN(C(=O)CCN)CC1.Cl. The lowest BCUT2D eigenvalue weighted by Crippen LogP contribution is -2.49. The van der Waals surface area contributed by atoms with Crippen LogP contribution in [0.3, 0.4) is 0 Å². The van der Waals surface area contributed by atoms with Crippen molar-refractivity contribution in [3.63, 3.8) is 0 Å². The zero-order valence-electron chi connectivity index (χ0n) is 13.6. The second-order valence-electron chi connectivity index (χ2n) is 5.56. The third-order valence-electron chi connectivity index (χ3n) is 4.11. The number of hydrogen-bond acceptors (Lipinski definition) is 7. The number of aromatic nitrogens is 2. The van der Waals surface area contributed by atoms with Gasteiger partial charge in [-0.25, -0.2) is 0 Å². The van der Waals surface area contributed by atoms with Crippen molar-refractivity contribution in [1.82, 2.24) is 19.9 Å². The first-order valence-corrected chi connectivity index (χ1v) is 8.66. The Hall–Kier alpha value is -1.48. The second-order valence-corrected chi connectivity index (χ2v) is 6.51. The van der Waals surface area contributed by atoms with Gasteiger partial charge in [0.25, 0.3) is 0 Å². The molecule has 1 amide bonds. The molecule has 1 fully saturated rings. The van der Waals surface area contributed by atoms with E-state index in [0.717, 1.165) is 31.1 Å². The number of nitrogens with zero attached hydrogens (tertiary/aromatic N) is 4. The smallest absolute Gasteiger partial charge is 0.244 e. The van der Waals surface area contributed by atoms with Gasteiger partial charge in [0.2, 0.25) is 17.6 Å². The van der Waals surface area contributed by atoms with Gasteiger partial charge in [0.1, 0.15) is 0 Å². The normalized spacial score (nSPS) is 16.7. The minimum absolute atomic E-state index is 0. The predicted molar refractivity (Wildman–Crippen MR) is 95.1 cm³/mol. The highest BCUT2D eigenvalue weighted by Gasteiger charge is 2.27. The van der Waals surface area contributed by atoms with E-state index < -0.39 is 0 Å². The van der Waals surface area contributed by atoms with Crippen LogP contribution in [-0.4, -0.2) is 58.6 Å². The number of piperazine rings is 1. The number of rotatable bonds is 5. The molecule has 0 spiro atoms. The van der Waals surface area contributed by atoms with Crippen molar-refractivity contribution in [3.8, 4) is 10.7 Å². The van der Waals surface area contributed by atoms with Gasteiger partial charge in [-0.2, -0.15) is 4.98 Å². The van der Waals surface area contributed by atoms with Crippen molar-refractivity contribution in [2.45, 2.75) is 19.4 Å². The average molecular weight is 372 g/mol. The first-order valence-electron chi connectivity index (χ1n) is 7.78. The van der Waals surface area contributed by atoms with Crippen LogP contribution in [-0.2, 0) is 4.79 Å². The summed E-state index contributed by atoms with van der Waals surface area (Å²) < 4.78 is 5.42. The third kappa shape index (κ3) is 4.13. The first-order chi connectivity index (χ1) is 11.2. The highest BCUT2D eigenvalue weighted by atomic mass is 35.5. The first kappa shape index (κ1) is 18.9. The molecule has 1 aliphatic heterocycles. The molecule has 0 aromatic carbocycles. The lowest BCUT2D eigenvalue weighted by Gasteiger charge is -2.36. The molecule has 2 N–H and O–H groups in total. The number of thiophene rings is 1. The Balaban J connectivity index is 0.00000208. The summed E-state index contributed by atoms with van der Waals surface area (Å²) in [6, 6.07) is 3.99. The fraction of sp³-hybridized carbons (Fsp3) is 0.533. The van der Waals surface area contributed by atoms with Crippen LogP contribution in [0, 0.1) is 0 Å². The minimum Gasteiger partial charge on any atom is -0.340 e. The number of halogens is 1. The summed E-state index contributed by atoms with van der Waals surface area (Å²) in [5, 5.41) is 6.05. The summed E-state index contributed by atoms with van der Waals surface area (Å²) in [6.45, 7) is 5.50. The van der Waals surface area contributed by atoms with E-state index >= 15 is 0 Å². The van der Waals surface area contributed by atoms with E-state index in [1.165, 1.54) is 0 Å². The van der Waals surface area contributed by atoms with Gasteiger partial charge in [0.05, 0.1) is 10.9 Å². The molecule has 1 unspecified atom stereocenters. The van der Waals surface area contributed by atoms with E-state index in [0.29, 0.717) is 24.7 Å². The van der Waals surface area contributed by atoms with Crippen LogP contribution in [0.15, 0.2) is 22.0 Å². The van der Waals surface area contributed by atoms with Crippen molar-refractivity contribution < 1.29 is 9.32 Å². The van der Waals surface area contributed by atoms with Crippen LogP contribution in [0.25, 0.3) is 10.7 Å². The van der Waals surface area contributed by atoms with Crippen LogP contribution in [0.4, 0.5) is 0 Å². The van der Waals surface area contributed by atoms with E-state index in [-0.39, 0.29) is 24.4 Å². The molecule has 0 aliphatic carbocycles. The number of nitrogens with two attached hydrogens (primary N) is 1. The van der Waals surface area contributed by atoms with Crippen molar-refractivity contribution in [2.24, 2.45) is 5.73 Å². The van der Waals surface area contributed by atoms with E-state index in [4.69, 9.17) is 10.3 Å². The number of hydrogen-bond donors (Lipinski definition) is 1. The molecule has 2 aromatic heterocycles. The molecule has 3 heterocycles. The fourth-order valence-electron chi connectivity index (χ4n) is 2.71. The number of carbonyl (C=O) groups excluding carboxylic acids is 1. The zero-order valence-corrected chi connectivity index (χ0v) is 15.2. The highest BCUT2D eigenvalue weighted by Crippen LogP contribution is 2.25. The molecule has 1 saturated heterocycles. The Kier molecular flexibility index (Phi) is 6.73. The molecule has 24 heavy (non-hydrogen) atoms. The van der Waals surface area contributed by atoms with Gasteiger partial charge in [0.15, 0.2) is 0 Å². The molecule has 0 radical (unpaired) electrons. The van der Waals surface area contributed by atoms with E-state index in [2.05, 4.69) is 22.0 Å². The third-order valence-corrected chi connectivity index (χ3v) is 4.98. The molecule has 0 bridgehead atoms. The van der Waals surface area contributed by atoms with Crippen LogP contribution >= 0.6 is 23.7 Å². The summed E-state index contributed by atoms with van der Waals surface area (Å²) in [5.41, 5.74) is 5.45. The molecular formula is C15H22ClN5O2S. The van der Waals surface area contributed by atoms with Gasteiger partial charge >= 0.3 is 0 Å². The van der Waals surface area contributed by atoms with E-state index in [1.54, 1.807) is 11.3 Å². The van der Waals surface area contributed by atoms with E-state index in [1.807, 2.05) is 22.4 Å². The lowest BCUT2D eigenvalue weighted by molar-refractivity contribution is -0.133. The predicted octanol–water partition coefficient (Wildman–Crippen LogP) is 1.77. The van der Waals surface area contributed by atoms with E-state index in [9.17, 15) is 4.79 Å². The average Bonchev–Trinajstić information content (AvgIpc) is 3.25. The monoisotopic (exact) mass is 371 g/mol. The maximum Gasteiger partial charge on any atom is 0.244 e. The van der Waals surface area contributed by atoms with Gasteiger partial charge in [0, 0.05) is 39.1 Å². The topological polar surface area (TPSA) is 88.5 Å². The Morgan fingerprint density at radius 1 is 1.42 bits per heavy atom. The Bertz CT molecular complexity index is 640. The lowest BCUT2D eigenvalue weighted by atomic mass is 10.2. The fourth-order valence-corrected chi connectivity index (χ4v) is 3.36. The van der Waals surface area contributed by atoms with Gasteiger partial charge in [-0.3, -0.25) is 9.69 Å². The molecule has 2 aromatic rings. The van der Waals surface area contributed by atoms with Crippen LogP contribution in [0.5, 0.6) is 0 Å².